The molecule has 40 heavy (non-hydrogen) atoms. The number of hydrogen-bond donors (Lipinski definition) is 2. The molecule has 0 aliphatic carbocycles. The van der Waals surface area contributed by atoms with E-state index in [1.165, 1.54) is 39.7 Å². The zero-order chi connectivity index (χ0) is 27.1. The van der Waals surface area contributed by atoms with Crippen LogP contribution in [0.3, 0.4) is 0 Å². The SMILES string of the molecule is O=C1NC(=Nc2cc3c4c(c2)[C@H](c2ccccc2)CCN4CC[C@@H]3c2ccccc2)S/C1=C\c1ccc(O)cc1. The number of aliphatic imine (C=N–C) groups is 1. The first kappa shape index (κ1) is 24.7. The molecule has 5 nitrogen and oxygen atoms in total. The highest BCUT2D eigenvalue weighted by molar-refractivity contribution is 8.18. The second kappa shape index (κ2) is 10.4. The number of nitrogens with zero attached hydrogens (tertiary/aromatic N) is 2. The van der Waals surface area contributed by atoms with E-state index in [-0.39, 0.29) is 11.7 Å². The van der Waals surface area contributed by atoms with Crippen LogP contribution < -0.4 is 10.2 Å². The summed E-state index contributed by atoms with van der Waals surface area (Å²) in [5.74, 6) is 0.644. The minimum Gasteiger partial charge on any atom is -0.508 e. The van der Waals surface area contributed by atoms with Gasteiger partial charge in [0.1, 0.15) is 5.75 Å². The first-order chi connectivity index (χ1) is 19.6. The number of carbonyl (C=O) groups is 1. The molecule has 4 aromatic rings. The highest BCUT2D eigenvalue weighted by atomic mass is 32.2. The van der Waals surface area contributed by atoms with Gasteiger partial charge >= 0.3 is 0 Å². The molecule has 0 aromatic heterocycles. The molecule has 198 valence electrons. The molecule has 7 rings (SSSR count). The normalized spacial score (nSPS) is 21.9. The summed E-state index contributed by atoms with van der Waals surface area (Å²) in [5.41, 5.74) is 8.39. The summed E-state index contributed by atoms with van der Waals surface area (Å²) < 4.78 is 0. The van der Waals surface area contributed by atoms with Crippen LogP contribution in [0.1, 0.15) is 52.5 Å². The third-order valence-electron chi connectivity index (χ3n) is 8.07. The van der Waals surface area contributed by atoms with Crippen LogP contribution in [0.4, 0.5) is 11.4 Å². The number of phenolic OH excluding ortho intramolecular Hbond substituents is 1. The predicted octanol–water partition coefficient (Wildman–Crippen LogP) is 7.16. The van der Waals surface area contributed by atoms with Crippen LogP contribution in [0.25, 0.3) is 6.08 Å². The maximum absolute atomic E-state index is 12.8. The molecular formula is C34H29N3O2S. The van der Waals surface area contributed by atoms with Crippen LogP contribution in [0.2, 0.25) is 0 Å². The Labute approximate surface area is 238 Å². The number of amidine groups is 1. The van der Waals surface area contributed by atoms with Crippen molar-refractivity contribution in [1.82, 2.24) is 5.32 Å². The van der Waals surface area contributed by atoms with Crippen LogP contribution in [0, 0.1) is 0 Å². The largest absolute Gasteiger partial charge is 0.508 e. The van der Waals surface area contributed by atoms with Crippen LogP contribution in [-0.2, 0) is 4.79 Å². The summed E-state index contributed by atoms with van der Waals surface area (Å²) in [7, 11) is 0. The molecule has 0 spiro atoms. The average Bonchev–Trinajstić information content (AvgIpc) is 3.33. The fourth-order valence-electron chi connectivity index (χ4n) is 6.22. The molecular weight excluding hydrogens is 514 g/mol. The third kappa shape index (κ3) is 4.69. The Morgan fingerprint density at radius 2 is 1.40 bits per heavy atom. The van der Waals surface area contributed by atoms with Gasteiger partial charge in [0.2, 0.25) is 0 Å². The van der Waals surface area contributed by atoms with Crippen molar-refractivity contribution in [3.05, 3.63) is 130 Å². The molecule has 3 heterocycles. The number of carbonyl (C=O) groups excluding carboxylic acids is 1. The summed E-state index contributed by atoms with van der Waals surface area (Å²) in [4.78, 5) is 20.9. The second-order valence-electron chi connectivity index (χ2n) is 10.5. The number of phenols is 1. The van der Waals surface area contributed by atoms with Gasteiger partial charge in [-0.1, -0.05) is 72.8 Å². The van der Waals surface area contributed by atoms with E-state index in [1.54, 1.807) is 24.3 Å². The van der Waals surface area contributed by atoms with E-state index in [0.717, 1.165) is 37.2 Å². The number of hydrogen-bond acceptors (Lipinski definition) is 5. The number of anilines is 1. The van der Waals surface area contributed by atoms with Gasteiger partial charge < -0.3 is 15.3 Å². The second-order valence-corrected chi connectivity index (χ2v) is 11.6. The fourth-order valence-corrected chi connectivity index (χ4v) is 7.07. The Morgan fingerprint density at radius 3 is 1.98 bits per heavy atom. The molecule has 1 fully saturated rings. The Hall–Kier alpha value is -4.29. The zero-order valence-electron chi connectivity index (χ0n) is 22.0. The van der Waals surface area contributed by atoms with Crippen molar-refractivity contribution >= 4 is 40.3 Å². The number of amides is 1. The summed E-state index contributed by atoms with van der Waals surface area (Å²) in [6, 6.07) is 32.9. The van der Waals surface area contributed by atoms with Crippen LogP contribution >= 0.6 is 11.8 Å². The Balaban J connectivity index is 1.31. The zero-order valence-corrected chi connectivity index (χ0v) is 22.8. The molecule has 3 aliphatic rings. The van der Waals surface area contributed by atoms with Gasteiger partial charge in [0, 0.05) is 30.6 Å². The van der Waals surface area contributed by atoms with Crippen molar-refractivity contribution in [3.8, 4) is 5.75 Å². The standard InChI is InChI=1S/C34H29N3O2S/c38-26-13-11-22(12-14-26)19-31-33(39)36-34(40-31)35-25-20-29-27(23-7-3-1-4-8-23)15-17-37-18-16-28(30(21-25)32(29)37)24-9-5-2-6-10-24/h1-14,19-21,27-28,38H,15-18H2,(H,35,36,39)/b31-19-/t27-,28+. The smallest absolute Gasteiger partial charge is 0.264 e. The van der Waals surface area contributed by atoms with Gasteiger partial charge in [-0.3, -0.25) is 4.79 Å². The Bertz CT molecular complexity index is 1560. The molecule has 0 unspecified atom stereocenters. The van der Waals surface area contributed by atoms with Crippen molar-refractivity contribution in [2.45, 2.75) is 24.7 Å². The van der Waals surface area contributed by atoms with Gasteiger partial charge in [-0.25, -0.2) is 4.99 Å². The first-order valence-electron chi connectivity index (χ1n) is 13.7. The quantitative estimate of drug-likeness (QED) is 0.268. The highest BCUT2D eigenvalue weighted by Gasteiger charge is 2.35. The summed E-state index contributed by atoms with van der Waals surface area (Å²) in [6.07, 6.45) is 3.96. The van der Waals surface area contributed by atoms with Gasteiger partial charge in [0.25, 0.3) is 5.91 Å². The van der Waals surface area contributed by atoms with Gasteiger partial charge in [-0.15, -0.1) is 0 Å². The highest BCUT2D eigenvalue weighted by Crippen LogP contribution is 2.50. The van der Waals surface area contributed by atoms with E-state index in [2.05, 4.69) is 83.0 Å². The lowest BCUT2D eigenvalue weighted by Crippen LogP contribution is -2.37. The van der Waals surface area contributed by atoms with Crippen molar-refractivity contribution < 1.29 is 9.90 Å². The maximum Gasteiger partial charge on any atom is 0.264 e. The molecule has 0 bridgehead atoms. The molecule has 6 heteroatoms. The topological polar surface area (TPSA) is 64.9 Å². The van der Waals surface area contributed by atoms with Gasteiger partial charge in [-0.2, -0.15) is 0 Å². The van der Waals surface area contributed by atoms with Crippen LogP contribution in [0.15, 0.2) is 107 Å². The Kier molecular flexibility index (Phi) is 6.40. The minimum absolute atomic E-state index is 0.161. The number of benzene rings is 4. The van der Waals surface area contributed by atoms with E-state index < -0.39 is 0 Å². The third-order valence-corrected chi connectivity index (χ3v) is 8.98. The van der Waals surface area contributed by atoms with E-state index in [1.807, 2.05) is 6.08 Å². The lowest BCUT2D eigenvalue weighted by atomic mass is 9.76. The monoisotopic (exact) mass is 543 g/mol. The van der Waals surface area contributed by atoms with Gasteiger partial charge in [-0.05, 0) is 82.8 Å². The summed E-state index contributed by atoms with van der Waals surface area (Å²) >= 11 is 1.35. The van der Waals surface area contributed by atoms with Crippen molar-refractivity contribution in [2.24, 2.45) is 4.99 Å². The van der Waals surface area contributed by atoms with E-state index >= 15 is 0 Å². The average molecular weight is 544 g/mol. The van der Waals surface area contributed by atoms with Crippen molar-refractivity contribution in [1.29, 1.82) is 0 Å². The molecule has 2 N–H and O–H groups in total. The summed E-state index contributed by atoms with van der Waals surface area (Å²) in [6.45, 7) is 2.10. The van der Waals surface area contributed by atoms with E-state index in [9.17, 15) is 9.90 Å². The number of aromatic hydroxyl groups is 1. The molecule has 2 atom stereocenters. The first-order valence-corrected chi connectivity index (χ1v) is 14.6. The number of nitrogens with one attached hydrogen (secondary N) is 1. The number of thioether (sulfide) groups is 1. The lowest BCUT2D eigenvalue weighted by molar-refractivity contribution is -0.115. The van der Waals surface area contributed by atoms with Crippen molar-refractivity contribution in [2.75, 3.05) is 18.0 Å². The van der Waals surface area contributed by atoms with Crippen molar-refractivity contribution in [3.63, 3.8) is 0 Å². The van der Waals surface area contributed by atoms with Crippen LogP contribution in [-0.4, -0.2) is 29.3 Å². The fraction of sp³-hybridized carbons (Fsp3) is 0.176. The molecule has 0 radical (unpaired) electrons. The van der Waals surface area contributed by atoms with Gasteiger partial charge in [0.15, 0.2) is 5.17 Å². The van der Waals surface area contributed by atoms with E-state index in [4.69, 9.17) is 4.99 Å². The molecule has 1 saturated heterocycles. The molecule has 1 amide bonds. The number of rotatable bonds is 4. The molecule has 4 aromatic carbocycles. The van der Waals surface area contributed by atoms with E-state index in [0.29, 0.717) is 21.9 Å². The molecule has 3 aliphatic heterocycles. The Morgan fingerprint density at radius 1 is 0.825 bits per heavy atom. The minimum atomic E-state index is -0.161. The summed E-state index contributed by atoms with van der Waals surface area (Å²) in [5, 5.41) is 13.1. The lowest BCUT2D eigenvalue weighted by Gasteiger charge is -2.43. The van der Waals surface area contributed by atoms with Crippen LogP contribution in [0.5, 0.6) is 5.75 Å². The van der Waals surface area contributed by atoms with Gasteiger partial charge in [0.05, 0.1) is 10.6 Å². The maximum atomic E-state index is 12.8. The molecule has 0 saturated carbocycles. The predicted molar refractivity (Wildman–Crippen MR) is 163 cm³/mol.